The normalized spacial score (nSPS) is 14.6. The first-order chi connectivity index (χ1) is 12.4. The zero-order valence-corrected chi connectivity index (χ0v) is 15.9. The quantitative estimate of drug-likeness (QED) is 0.629. The lowest BCUT2D eigenvalue weighted by Gasteiger charge is -2.18. The second kappa shape index (κ2) is 8.95. The van der Waals surface area contributed by atoms with Gasteiger partial charge in [0.25, 0.3) is 0 Å². The Hall–Kier alpha value is -2.19. The fraction of sp³-hybridized carbons (Fsp3) is 0.444. The van der Waals surface area contributed by atoms with E-state index in [1.54, 1.807) is 32.1 Å². The van der Waals surface area contributed by atoms with Gasteiger partial charge in [0, 0.05) is 25.2 Å². The van der Waals surface area contributed by atoms with Gasteiger partial charge >= 0.3 is 0 Å². The summed E-state index contributed by atoms with van der Waals surface area (Å²) in [6, 6.07) is 6.59. The van der Waals surface area contributed by atoms with Crippen molar-refractivity contribution in [1.82, 2.24) is 14.9 Å². The summed E-state index contributed by atoms with van der Waals surface area (Å²) in [5.74, 6) is -0.573. The number of hydrogen-bond acceptors (Lipinski definition) is 4. The van der Waals surface area contributed by atoms with E-state index >= 15 is 0 Å². The first kappa shape index (κ1) is 20.1. The SMILES string of the molecule is CCN(CC)S(=O)(=O)c1ccc(/C=C/C(=O)NCC(=O)NC2CC2)cc1. The highest BCUT2D eigenvalue weighted by Gasteiger charge is 2.23. The van der Waals surface area contributed by atoms with Crippen molar-refractivity contribution in [2.24, 2.45) is 0 Å². The Kier molecular flexibility index (Phi) is 6.93. The van der Waals surface area contributed by atoms with Crippen molar-refractivity contribution in [3.63, 3.8) is 0 Å². The molecule has 0 bridgehead atoms. The molecule has 8 heteroatoms. The smallest absolute Gasteiger partial charge is 0.244 e. The number of amides is 2. The van der Waals surface area contributed by atoms with Crippen LogP contribution in [0.25, 0.3) is 6.08 Å². The van der Waals surface area contributed by atoms with Gasteiger partial charge in [-0.15, -0.1) is 0 Å². The van der Waals surface area contributed by atoms with Crippen molar-refractivity contribution in [2.75, 3.05) is 19.6 Å². The number of rotatable bonds is 9. The molecule has 1 saturated carbocycles. The van der Waals surface area contributed by atoms with Gasteiger partial charge in [-0.2, -0.15) is 4.31 Å². The fourth-order valence-corrected chi connectivity index (χ4v) is 3.83. The first-order valence-electron chi connectivity index (χ1n) is 8.72. The highest BCUT2D eigenvalue weighted by atomic mass is 32.2. The zero-order valence-electron chi connectivity index (χ0n) is 15.1. The molecule has 0 atom stereocenters. The minimum atomic E-state index is -3.49. The predicted octanol–water partition coefficient (Wildman–Crippen LogP) is 1.13. The number of sulfonamides is 1. The van der Waals surface area contributed by atoms with Crippen LogP contribution in [0.4, 0.5) is 0 Å². The van der Waals surface area contributed by atoms with Crippen LogP contribution in [-0.4, -0.2) is 50.2 Å². The van der Waals surface area contributed by atoms with Crippen molar-refractivity contribution in [3.8, 4) is 0 Å². The van der Waals surface area contributed by atoms with Crippen LogP contribution >= 0.6 is 0 Å². The summed E-state index contributed by atoms with van der Waals surface area (Å²) in [4.78, 5) is 23.5. The molecule has 1 aromatic carbocycles. The average Bonchev–Trinajstić information content (AvgIpc) is 3.43. The third-order valence-electron chi connectivity index (χ3n) is 4.02. The lowest BCUT2D eigenvalue weighted by molar-refractivity contribution is -0.124. The molecule has 2 N–H and O–H groups in total. The highest BCUT2D eigenvalue weighted by molar-refractivity contribution is 7.89. The summed E-state index contributed by atoms with van der Waals surface area (Å²) in [7, 11) is -3.49. The Balaban J connectivity index is 1.90. The van der Waals surface area contributed by atoms with E-state index in [0.29, 0.717) is 18.7 Å². The van der Waals surface area contributed by atoms with Crippen LogP contribution in [-0.2, 0) is 19.6 Å². The molecular weight excluding hydrogens is 354 g/mol. The number of hydrogen-bond donors (Lipinski definition) is 2. The second-order valence-electron chi connectivity index (χ2n) is 6.05. The number of carbonyl (C=O) groups excluding carboxylic acids is 2. The van der Waals surface area contributed by atoms with E-state index < -0.39 is 10.0 Å². The van der Waals surface area contributed by atoms with Crippen LogP contribution in [0.15, 0.2) is 35.2 Å². The van der Waals surface area contributed by atoms with Crippen LogP contribution in [0.1, 0.15) is 32.3 Å². The van der Waals surface area contributed by atoms with E-state index in [1.165, 1.54) is 22.5 Å². The molecule has 0 radical (unpaired) electrons. The van der Waals surface area contributed by atoms with Gasteiger partial charge in [-0.3, -0.25) is 9.59 Å². The molecule has 1 aliphatic carbocycles. The Labute approximate surface area is 154 Å². The van der Waals surface area contributed by atoms with Crippen molar-refractivity contribution < 1.29 is 18.0 Å². The van der Waals surface area contributed by atoms with Gasteiger partial charge in [-0.25, -0.2) is 8.42 Å². The summed E-state index contributed by atoms with van der Waals surface area (Å²) in [6.07, 6.45) is 4.89. The average molecular weight is 379 g/mol. The second-order valence-corrected chi connectivity index (χ2v) is 7.99. The van der Waals surface area contributed by atoms with Crippen LogP contribution in [0, 0.1) is 0 Å². The maximum Gasteiger partial charge on any atom is 0.244 e. The summed E-state index contributed by atoms with van der Waals surface area (Å²) in [5, 5.41) is 5.29. The maximum atomic E-state index is 12.4. The van der Waals surface area contributed by atoms with E-state index in [2.05, 4.69) is 10.6 Å². The zero-order chi connectivity index (χ0) is 19.2. The summed E-state index contributed by atoms with van der Waals surface area (Å²) in [6.45, 7) is 4.36. The minimum absolute atomic E-state index is 0.0548. The van der Waals surface area contributed by atoms with Gasteiger partial charge < -0.3 is 10.6 Å². The Morgan fingerprint density at radius 3 is 2.31 bits per heavy atom. The van der Waals surface area contributed by atoms with Gasteiger partial charge in [0.1, 0.15) is 0 Å². The molecule has 1 aromatic rings. The fourth-order valence-electron chi connectivity index (χ4n) is 2.37. The summed E-state index contributed by atoms with van der Waals surface area (Å²) >= 11 is 0. The minimum Gasteiger partial charge on any atom is -0.352 e. The molecule has 1 fully saturated rings. The number of nitrogens with one attached hydrogen (secondary N) is 2. The molecule has 0 aliphatic heterocycles. The van der Waals surface area contributed by atoms with Gasteiger partial charge in [0.2, 0.25) is 21.8 Å². The van der Waals surface area contributed by atoms with Crippen LogP contribution in [0.3, 0.4) is 0 Å². The van der Waals surface area contributed by atoms with Crippen LogP contribution < -0.4 is 10.6 Å². The molecule has 1 aliphatic rings. The third-order valence-corrected chi connectivity index (χ3v) is 6.08. The molecule has 142 valence electrons. The van der Waals surface area contributed by atoms with E-state index in [4.69, 9.17) is 0 Å². The van der Waals surface area contributed by atoms with Crippen LogP contribution in [0.5, 0.6) is 0 Å². The largest absolute Gasteiger partial charge is 0.352 e. The summed E-state index contributed by atoms with van der Waals surface area (Å²) in [5.41, 5.74) is 0.695. The van der Waals surface area contributed by atoms with Gasteiger partial charge in [0.15, 0.2) is 0 Å². The van der Waals surface area contributed by atoms with Crippen LogP contribution in [0.2, 0.25) is 0 Å². The van der Waals surface area contributed by atoms with E-state index in [0.717, 1.165) is 12.8 Å². The Morgan fingerprint density at radius 2 is 1.77 bits per heavy atom. The van der Waals surface area contributed by atoms with Gasteiger partial charge in [-0.1, -0.05) is 26.0 Å². The molecule has 0 unspecified atom stereocenters. The number of nitrogens with zero attached hydrogens (tertiary/aromatic N) is 1. The Bertz CT molecular complexity index is 764. The molecule has 0 aromatic heterocycles. The number of carbonyl (C=O) groups is 2. The van der Waals surface area contributed by atoms with E-state index in [1.807, 2.05) is 0 Å². The lowest BCUT2D eigenvalue weighted by atomic mass is 10.2. The van der Waals surface area contributed by atoms with Crippen molar-refractivity contribution in [2.45, 2.75) is 37.6 Å². The third kappa shape index (κ3) is 5.67. The first-order valence-corrected chi connectivity index (χ1v) is 10.2. The topological polar surface area (TPSA) is 95.6 Å². The van der Waals surface area contributed by atoms with Crippen molar-refractivity contribution in [1.29, 1.82) is 0 Å². The highest BCUT2D eigenvalue weighted by Crippen LogP contribution is 2.18. The van der Waals surface area contributed by atoms with Gasteiger partial charge in [0.05, 0.1) is 11.4 Å². The standard InChI is InChI=1S/C18H25N3O4S/c1-3-21(4-2)26(24,25)16-10-5-14(6-11-16)7-12-17(22)19-13-18(23)20-15-8-9-15/h5-7,10-12,15H,3-4,8-9,13H2,1-2H3,(H,19,22)(H,20,23)/b12-7+. The van der Waals surface area contributed by atoms with E-state index in [-0.39, 0.29) is 29.3 Å². The van der Waals surface area contributed by atoms with E-state index in [9.17, 15) is 18.0 Å². The molecule has 2 amide bonds. The molecule has 0 saturated heterocycles. The van der Waals surface area contributed by atoms with Gasteiger partial charge in [-0.05, 0) is 36.6 Å². The lowest BCUT2D eigenvalue weighted by Crippen LogP contribution is -2.37. The Morgan fingerprint density at radius 1 is 1.15 bits per heavy atom. The van der Waals surface area contributed by atoms with Crippen molar-refractivity contribution in [3.05, 3.63) is 35.9 Å². The summed E-state index contributed by atoms with van der Waals surface area (Å²) < 4.78 is 26.2. The molecule has 0 spiro atoms. The molecular formula is C18H25N3O4S. The monoisotopic (exact) mass is 379 g/mol. The molecule has 7 nitrogen and oxygen atoms in total. The molecule has 26 heavy (non-hydrogen) atoms. The predicted molar refractivity (Wildman–Crippen MR) is 99.8 cm³/mol. The number of benzene rings is 1. The molecule has 0 heterocycles. The van der Waals surface area contributed by atoms with Crippen molar-refractivity contribution >= 4 is 27.9 Å². The molecule has 2 rings (SSSR count). The maximum absolute atomic E-state index is 12.4.